The molecule has 8 nitrogen and oxygen atoms in total. The van der Waals surface area contributed by atoms with E-state index >= 15 is 0 Å². The molecule has 0 atom stereocenters. The van der Waals surface area contributed by atoms with E-state index < -0.39 is 0 Å². The van der Waals surface area contributed by atoms with Crippen LogP contribution in [0.3, 0.4) is 0 Å². The largest absolute Gasteiger partial charge is 0.491 e. The number of pyridine rings is 1. The zero-order valence-electron chi connectivity index (χ0n) is 17.7. The second-order valence-corrected chi connectivity index (χ2v) is 7.95. The average Bonchev–Trinajstić information content (AvgIpc) is 3.27. The van der Waals surface area contributed by atoms with Crippen molar-refractivity contribution in [3.63, 3.8) is 0 Å². The first-order valence-electron chi connectivity index (χ1n) is 10.4. The molecule has 0 spiro atoms. The Balaban J connectivity index is 1.56. The summed E-state index contributed by atoms with van der Waals surface area (Å²) in [5.41, 5.74) is 3.32. The van der Waals surface area contributed by atoms with E-state index in [0.717, 1.165) is 36.3 Å². The van der Waals surface area contributed by atoms with Crippen LogP contribution in [0.2, 0.25) is 5.02 Å². The second-order valence-electron chi connectivity index (χ2n) is 7.51. The molecule has 0 saturated heterocycles. The van der Waals surface area contributed by atoms with Gasteiger partial charge in [0.15, 0.2) is 5.82 Å². The molecule has 0 aliphatic heterocycles. The van der Waals surface area contributed by atoms with E-state index in [4.69, 9.17) is 31.4 Å². The number of likely N-dealkylation sites (N-methyl/N-ethyl adjacent to an activating group) is 1. The number of hydrogen-bond donors (Lipinski definition) is 2. The first-order chi connectivity index (χ1) is 15.5. The van der Waals surface area contributed by atoms with Crippen LogP contribution in [-0.2, 0) is 17.6 Å². The van der Waals surface area contributed by atoms with Gasteiger partial charge in [-0.15, -0.1) is 0 Å². The van der Waals surface area contributed by atoms with Crippen LogP contribution in [0, 0.1) is 0 Å². The third kappa shape index (κ3) is 5.15. The number of amides is 1. The Bertz CT molecular complexity index is 1110. The van der Waals surface area contributed by atoms with E-state index in [1.165, 1.54) is 0 Å². The Hall–Kier alpha value is -3.23. The summed E-state index contributed by atoms with van der Waals surface area (Å²) in [5.74, 6) is 1.65. The summed E-state index contributed by atoms with van der Waals surface area (Å²) in [5, 5.41) is 12.5. The zero-order valence-corrected chi connectivity index (χ0v) is 18.5. The molecule has 2 heterocycles. The van der Waals surface area contributed by atoms with Crippen molar-refractivity contribution in [3.05, 3.63) is 58.9 Å². The summed E-state index contributed by atoms with van der Waals surface area (Å²) >= 11 is 5.91. The van der Waals surface area contributed by atoms with E-state index in [0.29, 0.717) is 28.0 Å². The molecule has 0 bridgehead atoms. The molecule has 1 aliphatic rings. The topological polar surface area (TPSA) is 100 Å². The summed E-state index contributed by atoms with van der Waals surface area (Å²) in [4.78, 5) is 28.3. The molecule has 3 aromatic rings. The minimum Gasteiger partial charge on any atom is -0.491 e. The van der Waals surface area contributed by atoms with Crippen LogP contribution in [0.25, 0.3) is 11.5 Å². The molecule has 0 fully saturated rings. The Labute approximate surface area is 191 Å². The standard InChI is InChI=1S/C23H24ClN5O3/c1-29(14-21(31)26-16-7-5-15(24)6-8-16)23-18-3-2-4-19(18)27-22(28-23)20-13-17(9-10-25-20)32-12-11-30/h5-10,13,30H,2-4,11-12,14H2,1H3,(H,26,31). The monoisotopic (exact) mass is 453 g/mol. The van der Waals surface area contributed by atoms with Gasteiger partial charge in [0.05, 0.1) is 13.2 Å². The molecule has 1 amide bonds. The third-order valence-corrected chi connectivity index (χ3v) is 5.35. The highest BCUT2D eigenvalue weighted by molar-refractivity contribution is 6.30. The number of anilines is 2. The van der Waals surface area contributed by atoms with Crippen LogP contribution < -0.4 is 15.0 Å². The number of aliphatic hydroxyl groups excluding tert-OH is 1. The van der Waals surface area contributed by atoms with Gasteiger partial charge < -0.3 is 20.1 Å². The van der Waals surface area contributed by atoms with Gasteiger partial charge in [-0.25, -0.2) is 9.97 Å². The van der Waals surface area contributed by atoms with Gasteiger partial charge >= 0.3 is 0 Å². The van der Waals surface area contributed by atoms with Gasteiger partial charge in [-0.2, -0.15) is 0 Å². The van der Waals surface area contributed by atoms with Crippen LogP contribution >= 0.6 is 11.6 Å². The fourth-order valence-corrected chi connectivity index (χ4v) is 3.78. The number of aromatic nitrogens is 3. The van der Waals surface area contributed by atoms with Crippen molar-refractivity contribution in [3.8, 4) is 17.3 Å². The number of carbonyl (C=O) groups is 1. The molecular weight excluding hydrogens is 430 g/mol. The van der Waals surface area contributed by atoms with Gasteiger partial charge in [0, 0.05) is 41.3 Å². The summed E-state index contributed by atoms with van der Waals surface area (Å²) < 4.78 is 5.49. The van der Waals surface area contributed by atoms with E-state index in [1.54, 1.807) is 42.6 Å². The molecular formula is C23H24ClN5O3. The van der Waals surface area contributed by atoms with Crippen LogP contribution in [-0.4, -0.2) is 52.8 Å². The fourth-order valence-electron chi connectivity index (χ4n) is 3.65. The first-order valence-corrected chi connectivity index (χ1v) is 10.8. The highest BCUT2D eigenvalue weighted by Crippen LogP contribution is 2.31. The van der Waals surface area contributed by atoms with Gasteiger partial charge in [0.2, 0.25) is 5.91 Å². The lowest BCUT2D eigenvalue weighted by Gasteiger charge is -2.21. The lowest BCUT2D eigenvalue weighted by Crippen LogP contribution is -2.31. The number of benzene rings is 1. The molecule has 0 radical (unpaired) electrons. The number of nitrogens with one attached hydrogen (secondary N) is 1. The van der Waals surface area contributed by atoms with Crippen LogP contribution in [0.15, 0.2) is 42.6 Å². The number of carbonyl (C=O) groups excluding carboxylic acids is 1. The fraction of sp³-hybridized carbons (Fsp3) is 0.304. The minimum absolute atomic E-state index is 0.0694. The third-order valence-electron chi connectivity index (χ3n) is 5.10. The molecule has 32 heavy (non-hydrogen) atoms. The molecule has 0 unspecified atom stereocenters. The van der Waals surface area contributed by atoms with E-state index in [2.05, 4.69) is 10.3 Å². The van der Waals surface area contributed by atoms with E-state index in [1.807, 2.05) is 11.9 Å². The Kier molecular flexibility index (Phi) is 6.82. The maximum Gasteiger partial charge on any atom is 0.243 e. The molecule has 2 aromatic heterocycles. The zero-order chi connectivity index (χ0) is 22.5. The highest BCUT2D eigenvalue weighted by Gasteiger charge is 2.23. The van der Waals surface area contributed by atoms with Gasteiger partial charge in [0.25, 0.3) is 0 Å². The number of aryl methyl sites for hydroxylation is 1. The van der Waals surface area contributed by atoms with E-state index in [9.17, 15) is 4.79 Å². The predicted octanol–water partition coefficient (Wildman–Crippen LogP) is 3.13. The molecule has 1 aromatic carbocycles. The number of rotatable bonds is 8. The first kappa shape index (κ1) is 22.0. The van der Waals surface area contributed by atoms with Crippen molar-refractivity contribution in [2.45, 2.75) is 19.3 Å². The summed E-state index contributed by atoms with van der Waals surface area (Å²) in [6.45, 7) is 0.268. The van der Waals surface area contributed by atoms with Crippen LogP contribution in [0.5, 0.6) is 5.75 Å². The van der Waals surface area contributed by atoms with Gasteiger partial charge in [-0.1, -0.05) is 11.6 Å². The van der Waals surface area contributed by atoms with Crippen molar-refractivity contribution >= 4 is 29.0 Å². The molecule has 2 N–H and O–H groups in total. The Morgan fingerprint density at radius 3 is 2.81 bits per heavy atom. The van der Waals surface area contributed by atoms with Gasteiger partial charge in [-0.3, -0.25) is 9.78 Å². The number of fused-ring (bicyclic) bond motifs is 1. The van der Waals surface area contributed by atoms with Crippen molar-refractivity contribution in [1.29, 1.82) is 0 Å². The lowest BCUT2D eigenvalue weighted by atomic mass is 10.2. The summed E-state index contributed by atoms with van der Waals surface area (Å²) in [7, 11) is 1.85. The maximum absolute atomic E-state index is 12.6. The van der Waals surface area contributed by atoms with Crippen molar-refractivity contribution in [1.82, 2.24) is 15.0 Å². The quantitative estimate of drug-likeness (QED) is 0.540. The van der Waals surface area contributed by atoms with Crippen molar-refractivity contribution in [2.75, 3.05) is 37.0 Å². The highest BCUT2D eigenvalue weighted by atomic mass is 35.5. The number of ether oxygens (including phenoxy) is 1. The molecule has 1 aliphatic carbocycles. The number of nitrogens with zero attached hydrogens (tertiary/aromatic N) is 4. The molecule has 0 saturated carbocycles. The maximum atomic E-state index is 12.6. The summed E-state index contributed by atoms with van der Waals surface area (Å²) in [6, 6.07) is 10.5. The van der Waals surface area contributed by atoms with Gasteiger partial charge in [0.1, 0.15) is 23.9 Å². The number of hydrogen-bond acceptors (Lipinski definition) is 7. The Morgan fingerprint density at radius 2 is 2.03 bits per heavy atom. The predicted molar refractivity (Wildman–Crippen MR) is 123 cm³/mol. The van der Waals surface area contributed by atoms with Crippen LogP contribution in [0.4, 0.5) is 11.5 Å². The van der Waals surface area contributed by atoms with Crippen LogP contribution in [0.1, 0.15) is 17.7 Å². The number of aliphatic hydroxyl groups is 1. The normalized spacial score (nSPS) is 12.3. The lowest BCUT2D eigenvalue weighted by molar-refractivity contribution is -0.114. The Morgan fingerprint density at radius 1 is 1.22 bits per heavy atom. The molecule has 9 heteroatoms. The molecule has 4 rings (SSSR count). The minimum atomic E-state index is -0.153. The SMILES string of the molecule is CN(CC(=O)Nc1ccc(Cl)cc1)c1nc(-c2cc(OCCO)ccn2)nc2c1CCC2. The smallest absolute Gasteiger partial charge is 0.243 e. The van der Waals surface area contributed by atoms with E-state index in [-0.39, 0.29) is 25.7 Å². The second kappa shape index (κ2) is 9.93. The average molecular weight is 454 g/mol. The molecule has 166 valence electrons. The number of halogens is 1. The van der Waals surface area contributed by atoms with Gasteiger partial charge in [-0.05, 0) is 49.6 Å². The van der Waals surface area contributed by atoms with Crippen molar-refractivity contribution < 1.29 is 14.6 Å². The summed E-state index contributed by atoms with van der Waals surface area (Å²) in [6.07, 6.45) is 4.37. The van der Waals surface area contributed by atoms with Crippen molar-refractivity contribution in [2.24, 2.45) is 0 Å².